The second kappa shape index (κ2) is 6.90. The molecule has 2 aromatic carbocycles. The van der Waals surface area contributed by atoms with Crippen LogP contribution in [0.15, 0.2) is 42.5 Å². The number of benzene rings is 2. The van der Waals surface area contributed by atoms with Crippen molar-refractivity contribution >= 4 is 22.8 Å². The first kappa shape index (κ1) is 17.3. The molecule has 27 heavy (non-hydrogen) atoms. The summed E-state index contributed by atoms with van der Waals surface area (Å²) in [5, 5.41) is 2.68. The van der Waals surface area contributed by atoms with Crippen molar-refractivity contribution in [3.8, 4) is 5.75 Å². The third kappa shape index (κ3) is 3.09. The number of para-hydroxylation sites is 2. The number of hydrogen-bond acceptors (Lipinski definition) is 3. The smallest absolute Gasteiger partial charge is 0.322 e. The molecule has 0 radical (unpaired) electrons. The molecule has 7 heteroatoms. The van der Waals surface area contributed by atoms with Crippen LogP contribution in [0.25, 0.3) is 11.0 Å². The van der Waals surface area contributed by atoms with E-state index < -0.39 is 5.82 Å². The monoisotopic (exact) mass is 368 g/mol. The summed E-state index contributed by atoms with van der Waals surface area (Å²) in [6, 6.07) is 11.8. The van der Waals surface area contributed by atoms with Gasteiger partial charge in [-0.15, -0.1) is 0 Å². The molecule has 4 rings (SSSR count). The number of rotatable bonds is 3. The Kier molecular flexibility index (Phi) is 4.43. The first-order valence-electron chi connectivity index (χ1n) is 8.91. The summed E-state index contributed by atoms with van der Waals surface area (Å²) in [4.78, 5) is 19.3. The first-order chi connectivity index (χ1) is 13.1. The molecule has 3 aromatic rings. The van der Waals surface area contributed by atoms with Crippen molar-refractivity contribution in [2.75, 3.05) is 19.0 Å². The zero-order chi connectivity index (χ0) is 19.0. The van der Waals surface area contributed by atoms with Crippen molar-refractivity contribution in [1.82, 2.24) is 14.5 Å². The number of anilines is 1. The summed E-state index contributed by atoms with van der Waals surface area (Å²) in [6.07, 6.45) is 1.71. The lowest BCUT2D eigenvalue weighted by Crippen LogP contribution is -2.35. The molecule has 2 heterocycles. The molecule has 6 nitrogen and oxygen atoms in total. The number of hydrogen-bond donors (Lipinski definition) is 1. The van der Waals surface area contributed by atoms with Crippen LogP contribution in [0.3, 0.4) is 0 Å². The van der Waals surface area contributed by atoms with Gasteiger partial charge in [0.2, 0.25) is 0 Å². The molecule has 1 N–H and O–H groups in total. The maximum Gasteiger partial charge on any atom is 0.322 e. The summed E-state index contributed by atoms with van der Waals surface area (Å²) >= 11 is 0. The molecule has 1 atom stereocenters. The molecule has 2 amide bonds. The van der Waals surface area contributed by atoms with E-state index in [0.29, 0.717) is 12.3 Å². The van der Waals surface area contributed by atoms with Crippen molar-refractivity contribution in [1.29, 1.82) is 0 Å². The molecule has 0 bridgehead atoms. The molecular formula is C20H21FN4O2. The summed E-state index contributed by atoms with van der Waals surface area (Å²) in [6.45, 7) is 0.609. The number of amides is 2. The number of ether oxygens (including phenoxy) is 1. The highest BCUT2D eigenvalue weighted by atomic mass is 19.1. The zero-order valence-electron chi connectivity index (χ0n) is 15.3. The molecule has 0 unspecified atom stereocenters. The van der Waals surface area contributed by atoms with Crippen LogP contribution in [-0.4, -0.2) is 34.1 Å². The number of carbonyl (C=O) groups is 1. The van der Waals surface area contributed by atoms with E-state index >= 15 is 0 Å². The number of carbonyl (C=O) groups excluding carboxylic acids is 1. The zero-order valence-corrected chi connectivity index (χ0v) is 15.3. The molecule has 0 aliphatic carbocycles. The SMILES string of the molecule is COc1ccc(NC(=O)N2CCC[C@H]2c2nc3ccccc3n2C)c(F)c1. The van der Waals surface area contributed by atoms with E-state index in [1.165, 1.54) is 19.2 Å². The molecule has 0 spiro atoms. The number of halogens is 1. The van der Waals surface area contributed by atoms with E-state index in [9.17, 15) is 9.18 Å². The lowest BCUT2D eigenvalue weighted by molar-refractivity contribution is 0.204. The summed E-state index contributed by atoms with van der Waals surface area (Å²) in [5.41, 5.74) is 2.07. The number of nitrogens with zero attached hydrogens (tertiary/aromatic N) is 3. The van der Waals surface area contributed by atoms with Crippen molar-refractivity contribution in [3.63, 3.8) is 0 Å². The summed E-state index contributed by atoms with van der Waals surface area (Å²) in [7, 11) is 3.43. The van der Waals surface area contributed by atoms with Crippen LogP contribution >= 0.6 is 0 Å². The standard InChI is InChI=1S/C20H21FN4O2/c1-24-17-7-4-3-6-16(17)22-19(24)18-8-5-11-25(18)20(26)23-15-10-9-13(27-2)12-14(15)21/h3-4,6-7,9-10,12,18H,5,8,11H2,1-2H3,(H,23,26)/t18-/m0/s1. The van der Waals surface area contributed by atoms with Crippen LogP contribution in [0.2, 0.25) is 0 Å². The second-order valence-electron chi connectivity index (χ2n) is 6.65. The van der Waals surface area contributed by atoms with E-state index in [1.54, 1.807) is 11.0 Å². The topological polar surface area (TPSA) is 59.4 Å². The lowest BCUT2D eigenvalue weighted by atomic mass is 10.2. The van der Waals surface area contributed by atoms with Gasteiger partial charge in [0, 0.05) is 19.7 Å². The minimum absolute atomic E-state index is 0.135. The first-order valence-corrected chi connectivity index (χ1v) is 8.91. The molecule has 1 aromatic heterocycles. The Bertz CT molecular complexity index is 1000. The van der Waals surface area contributed by atoms with Crippen molar-refractivity contribution in [3.05, 3.63) is 54.1 Å². The lowest BCUT2D eigenvalue weighted by Gasteiger charge is -2.24. The Labute approximate surface area is 156 Å². The van der Waals surface area contributed by atoms with Crippen LogP contribution in [0.4, 0.5) is 14.9 Å². The number of nitrogens with one attached hydrogen (secondary N) is 1. The highest BCUT2D eigenvalue weighted by Gasteiger charge is 2.33. The number of urea groups is 1. The fourth-order valence-electron chi connectivity index (χ4n) is 3.65. The number of fused-ring (bicyclic) bond motifs is 1. The van der Waals surface area contributed by atoms with Crippen LogP contribution in [0.1, 0.15) is 24.7 Å². The fourth-order valence-corrected chi connectivity index (χ4v) is 3.65. The Balaban J connectivity index is 1.59. The molecular weight excluding hydrogens is 347 g/mol. The quantitative estimate of drug-likeness (QED) is 0.757. The van der Waals surface area contributed by atoms with Gasteiger partial charge >= 0.3 is 6.03 Å². The van der Waals surface area contributed by atoms with E-state index in [-0.39, 0.29) is 17.8 Å². The Morgan fingerprint density at radius 3 is 2.85 bits per heavy atom. The third-order valence-electron chi connectivity index (χ3n) is 5.05. The number of imidazole rings is 1. The van der Waals surface area contributed by atoms with Crippen LogP contribution in [0.5, 0.6) is 5.75 Å². The number of likely N-dealkylation sites (tertiary alicyclic amines) is 1. The third-order valence-corrected chi connectivity index (χ3v) is 5.05. The van der Waals surface area contributed by atoms with Gasteiger partial charge < -0.3 is 19.5 Å². The molecule has 140 valence electrons. The Hall–Kier alpha value is -3.09. The number of aryl methyl sites for hydroxylation is 1. The van der Waals surface area contributed by atoms with Gasteiger partial charge in [-0.2, -0.15) is 0 Å². The van der Waals surface area contributed by atoms with Crippen molar-refractivity contribution in [2.45, 2.75) is 18.9 Å². The highest BCUT2D eigenvalue weighted by Crippen LogP contribution is 2.33. The molecule has 0 saturated carbocycles. The van der Waals surface area contributed by atoms with E-state index in [4.69, 9.17) is 9.72 Å². The Morgan fingerprint density at radius 1 is 1.30 bits per heavy atom. The number of aromatic nitrogens is 2. The minimum atomic E-state index is -0.527. The van der Waals surface area contributed by atoms with Gasteiger partial charge in [0.1, 0.15) is 17.4 Å². The molecule has 1 aliphatic rings. The average Bonchev–Trinajstić information content (AvgIpc) is 3.28. The molecule has 1 aliphatic heterocycles. The predicted octanol–water partition coefficient (Wildman–Crippen LogP) is 4.09. The van der Waals surface area contributed by atoms with Gasteiger partial charge in [-0.3, -0.25) is 0 Å². The molecule has 1 fully saturated rings. The van der Waals surface area contributed by atoms with Crippen LogP contribution in [0, 0.1) is 5.82 Å². The Morgan fingerprint density at radius 2 is 2.11 bits per heavy atom. The fraction of sp³-hybridized carbons (Fsp3) is 0.300. The maximum absolute atomic E-state index is 14.2. The molecule has 1 saturated heterocycles. The minimum Gasteiger partial charge on any atom is -0.497 e. The average molecular weight is 368 g/mol. The maximum atomic E-state index is 14.2. The summed E-state index contributed by atoms with van der Waals surface area (Å²) in [5.74, 6) is 0.726. The summed E-state index contributed by atoms with van der Waals surface area (Å²) < 4.78 is 21.2. The second-order valence-corrected chi connectivity index (χ2v) is 6.65. The van der Waals surface area contributed by atoms with Gasteiger partial charge in [-0.05, 0) is 37.1 Å². The van der Waals surface area contributed by atoms with Crippen LogP contribution < -0.4 is 10.1 Å². The highest BCUT2D eigenvalue weighted by molar-refractivity contribution is 5.90. The number of methoxy groups -OCH3 is 1. The van der Waals surface area contributed by atoms with E-state index in [1.807, 2.05) is 35.9 Å². The normalized spacial score (nSPS) is 16.7. The van der Waals surface area contributed by atoms with Gasteiger partial charge in [0.05, 0.1) is 29.9 Å². The predicted molar refractivity (Wildman–Crippen MR) is 101 cm³/mol. The largest absolute Gasteiger partial charge is 0.497 e. The van der Waals surface area contributed by atoms with Gasteiger partial charge in [-0.1, -0.05) is 12.1 Å². The van der Waals surface area contributed by atoms with Gasteiger partial charge in [0.15, 0.2) is 0 Å². The van der Waals surface area contributed by atoms with Crippen molar-refractivity contribution < 1.29 is 13.9 Å². The van der Waals surface area contributed by atoms with E-state index in [2.05, 4.69) is 5.32 Å². The van der Waals surface area contributed by atoms with Gasteiger partial charge in [-0.25, -0.2) is 14.2 Å². The van der Waals surface area contributed by atoms with Crippen molar-refractivity contribution in [2.24, 2.45) is 7.05 Å². The van der Waals surface area contributed by atoms with Crippen LogP contribution in [-0.2, 0) is 7.05 Å². The van der Waals surface area contributed by atoms with Gasteiger partial charge in [0.25, 0.3) is 0 Å². The van der Waals surface area contributed by atoms with E-state index in [0.717, 1.165) is 29.7 Å².